The third-order valence-corrected chi connectivity index (χ3v) is 3.36. The maximum atomic E-state index is 9.93. The zero-order valence-corrected chi connectivity index (χ0v) is 17.4. The summed E-state index contributed by atoms with van der Waals surface area (Å²) >= 11 is 0. The Labute approximate surface area is 165 Å². The Morgan fingerprint density at radius 1 is 0.909 bits per heavy atom. The second kappa shape index (κ2) is 15.6. The standard InChI is InChI=1S/C14H28N2O4.2Au/c1-19-7-3-5-15-11-9-12(14(18)10-13(11)17)16-6-4-8-20-2;;/h9-18H,3-8H2,1-2H3;;. The summed E-state index contributed by atoms with van der Waals surface area (Å²) in [5, 5.41) is 26.4. The van der Waals surface area contributed by atoms with Gasteiger partial charge in [0, 0.05) is 85.3 Å². The van der Waals surface area contributed by atoms with Crippen molar-refractivity contribution < 1.29 is 64.4 Å². The van der Waals surface area contributed by atoms with Crippen LogP contribution in [0.4, 0.5) is 0 Å². The summed E-state index contributed by atoms with van der Waals surface area (Å²) in [7, 11) is 3.34. The van der Waals surface area contributed by atoms with Crippen LogP contribution in [-0.2, 0) is 54.2 Å². The Morgan fingerprint density at radius 3 is 1.68 bits per heavy atom. The van der Waals surface area contributed by atoms with E-state index >= 15 is 0 Å². The van der Waals surface area contributed by atoms with Crippen LogP contribution in [0.2, 0.25) is 0 Å². The van der Waals surface area contributed by atoms with Crippen LogP contribution >= 0.6 is 0 Å². The van der Waals surface area contributed by atoms with Crippen molar-refractivity contribution in [3.63, 3.8) is 0 Å². The smallest absolute Gasteiger partial charge is 0.148 e. The van der Waals surface area contributed by atoms with Gasteiger partial charge in [0.25, 0.3) is 0 Å². The van der Waals surface area contributed by atoms with Crippen molar-refractivity contribution in [1.82, 2.24) is 10.6 Å². The number of ether oxygens (including phenoxy) is 2. The van der Waals surface area contributed by atoms with Gasteiger partial charge in [-0.2, -0.15) is 0 Å². The summed E-state index contributed by atoms with van der Waals surface area (Å²) in [5.74, 6) is 0. The monoisotopic (exact) mass is 682 g/mol. The summed E-state index contributed by atoms with van der Waals surface area (Å²) in [6, 6.07) is -0.287. The van der Waals surface area contributed by atoms with E-state index in [-0.39, 0.29) is 56.8 Å². The predicted molar refractivity (Wildman–Crippen MR) is 77.2 cm³/mol. The fourth-order valence-electron chi connectivity index (χ4n) is 2.24. The van der Waals surface area contributed by atoms with Gasteiger partial charge in [-0.05, 0) is 25.0 Å². The Bertz CT molecular complexity index is 231. The number of hydrogen-bond acceptors (Lipinski definition) is 6. The van der Waals surface area contributed by atoms with Crippen molar-refractivity contribution >= 4 is 0 Å². The van der Waals surface area contributed by atoms with Gasteiger partial charge in [-0.15, -0.1) is 0 Å². The minimum absolute atomic E-state index is 0. The number of nitrogens with one attached hydrogen (secondary N) is 2. The first-order chi connectivity index (χ1) is 9.69. The van der Waals surface area contributed by atoms with Crippen molar-refractivity contribution in [2.75, 3.05) is 40.5 Å². The third kappa shape index (κ3) is 10.1. The molecule has 0 heterocycles. The van der Waals surface area contributed by atoms with Crippen LogP contribution in [0.25, 0.3) is 0 Å². The Morgan fingerprint density at radius 2 is 1.32 bits per heavy atom. The number of aliphatic hydroxyl groups is 2. The topological polar surface area (TPSA) is 83.0 Å². The Hall–Kier alpha value is 1.11. The van der Waals surface area contributed by atoms with Crippen LogP contribution in [0.15, 0.2) is 0 Å². The van der Waals surface area contributed by atoms with Gasteiger partial charge in [-0.3, -0.25) is 17.1 Å². The fraction of sp³-hybridized carbons (Fsp3) is 0.857. The van der Waals surface area contributed by atoms with E-state index in [0.29, 0.717) is 13.2 Å². The average molecular weight is 682 g/mol. The first-order valence-corrected chi connectivity index (χ1v) is 7.19. The molecular formula is C14H28Au2N2O4. The van der Waals surface area contributed by atoms with Gasteiger partial charge in [-0.25, -0.2) is 0 Å². The van der Waals surface area contributed by atoms with Gasteiger partial charge in [0.2, 0.25) is 0 Å². The van der Waals surface area contributed by atoms with Crippen molar-refractivity contribution in [2.45, 2.75) is 37.1 Å². The predicted octanol–water partition coefficient (Wildman–Crippen LogP) is -0.885. The van der Waals surface area contributed by atoms with Crippen LogP contribution in [-0.4, -0.2) is 75.0 Å². The Kier molecular flexibility index (Phi) is 18.0. The van der Waals surface area contributed by atoms with Crippen LogP contribution in [0.1, 0.15) is 12.8 Å². The molecule has 0 bridgehead atoms. The molecule has 1 aliphatic carbocycles. The molecule has 1 saturated carbocycles. The number of hydrogen-bond donors (Lipinski definition) is 4. The molecule has 0 amide bonds. The van der Waals surface area contributed by atoms with Gasteiger partial charge >= 0.3 is 0 Å². The van der Waals surface area contributed by atoms with Gasteiger partial charge < -0.3 is 19.7 Å². The largest absolute Gasteiger partial charge is 0.419 e. The third-order valence-electron chi connectivity index (χ3n) is 3.36. The van der Waals surface area contributed by atoms with Gasteiger partial charge in [0.15, 0.2) is 0 Å². The second-order valence-electron chi connectivity index (χ2n) is 5.02. The summed E-state index contributed by atoms with van der Waals surface area (Å²) in [6.45, 7) is 2.93. The molecule has 1 rings (SSSR count). The second-order valence-corrected chi connectivity index (χ2v) is 5.02. The quantitative estimate of drug-likeness (QED) is 0.136. The number of methoxy groups -OCH3 is 2. The van der Waals surface area contributed by atoms with E-state index in [1.165, 1.54) is 0 Å². The normalized spacial score (nSPS) is 27.5. The first-order valence-electron chi connectivity index (χ1n) is 7.19. The molecule has 0 saturated heterocycles. The molecule has 0 aromatic heterocycles. The molecule has 22 heavy (non-hydrogen) atoms. The molecule has 8 heteroatoms. The van der Waals surface area contributed by atoms with Gasteiger partial charge in [-0.1, -0.05) is 0 Å². The summed E-state index contributed by atoms with van der Waals surface area (Å²) in [5.41, 5.74) is 0. The molecule has 0 aromatic carbocycles. The van der Waals surface area contributed by atoms with Crippen molar-refractivity contribution in [3.8, 4) is 0 Å². The fourth-order valence-corrected chi connectivity index (χ4v) is 2.24. The van der Waals surface area contributed by atoms with Gasteiger partial charge in [0.05, 0.1) is 0 Å². The molecule has 0 aliphatic heterocycles. The molecule has 1 aliphatic rings. The van der Waals surface area contributed by atoms with Crippen LogP contribution in [0, 0.1) is 12.8 Å². The van der Waals surface area contributed by atoms with E-state index in [0.717, 1.165) is 25.9 Å². The zero-order chi connectivity index (χ0) is 14.8. The van der Waals surface area contributed by atoms with E-state index < -0.39 is 12.2 Å². The van der Waals surface area contributed by atoms with Crippen molar-refractivity contribution in [2.24, 2.45) is 0 Å². The molecular weight excluding hydrogens is 654 g/mol. The first kappa shape index (κ1) is 25.4. The average Bonchev–Trinajstić information content (AvgIpc) is 2.43. The molecule has 4 atom stereocenters. The zero-order valence-electron chi connectivity index (χ0n) is 13.0. The molecule has 0 spiro atoms. The minimum Gasteiger partial charge on any atom is -0.419 e. The molecule has 2 radical (unpaired) electrons. The summed E-state index contributed by atoms with van der Waals surface area (Å²) < 4.78 is 9.98. The molecule has 140 valence electrons. The maximum absolute atomic E-state index is 9.93. The van der Waals surface area contributed by atoms with Crippen LogP contribution < -0.4 is 10.6 Å². The van der Waals surface area contributed by atoms with Crippen LogP contribution in [0.5, 0.6) is 0 Å². The van der Waals surface area contributed by atoms with E-state index in [1.54, 1.807) is 20.6 Å². The number of aliphatic hydroxyl groups excluding tert-OH is 2. The SMILES string of the molecule is COCCCNC1[CH+]C(NCCCOC)C(O)[CH-]C1O.[Au].[Au]. The number of rotatable bonds is 10. The van der Waals surface area contributed by atoms with E-state index in [4.69, 9.17) is 9.47 Å². The summed E-state index contributed by atoms with van der Waals surface area (Å²) in [6.07, 6.45) is 3.97. The molecule has 0 aromatic rings. The molecule has 4 unspecified atom stereocenters. The van der Waals surface area contributed by atoms with E-state index in [2.05, 4.69) is 10.6 Å². The van der Waals surface area contributed by atoms with Crippen LogP contribution in [0.3, 0.4) is 0 Å². The Balaban J connectivity index is 0. The van der Waals surface area contributed by atoms with E-state index in [9.17, 15) is 10.2 Å². The van der Waals surface area contributed by atoms with Crippen molar-refractivity contribution in [3.05, 3.63) is 12.8 Å². The summed E-state index contributed by atoms with van der Waals surface area (Å²) in [4.78, 5) is 0. The van der Waals surface area contributed by atoms with Crippen molar-refractivity contribution in [1.29, 1.82) is 0 Å². The maximum Gasteiger partial charge on any atom is 0.148 e. The van der Waals surface area contributed by atoms with E-state index in [1.807, 2.05) is 6.42 Å². The van der Waals surface area contributed by atoms with Gasteiger partial charge in [0.1, 0.15) is 18.5 Å². The minimum atomic E-state index is -0.662. The molecule has 1 fully saturated rings. The molecule has 4 N–H and O–H groups in total. The molecule has 6 nitrogen and oxygen atoms in total.